The number of aromatic amines is 1. The third-order valence-electron chi connectivity index (χ3n) is 3.97. The summed E-state index contributed by atoms with van der Waals surface area (Å²) in [6, 6.07) is 11.7. The first-order valence-corrected chi connectivity index (χ1v) is 8.27. The van der Waals surface area contributed by atoms with E-state index in [1.165, 1.54) is 6.07 Å². The number of ether oxygens (including phenoxy) is 2. The quantitative estimate of drug-likeness (QED) is 0.396. The highest BCUT2D eigenvalue weighted by atomic mass is 16.6. The van der Waals surface area contributed by atoms with Gasteiger partial charge in [0.2, 0.25) is 5.75 Å². The van der Waals surface area contributed by atoms with Crippen molar-refractivity contribution >= 4 is 22.6 Å². The lowest BCUT2D eigenvalue weighted by atomic mass is 10.1. The van der Waals surface area contributed by atoms with Gasteiger partial charge in [-0.05, 0) is 43.2 Å². The molecule has 7 heteroatoms. The monoisotopic (exact) mass is 354 g/mol. The van der Waals surface area contributed by atoms with Crippen molar-refractivity contribution < 1.29 is 19.2 Å². The summed E-state index contributed by atoms with van der Waals surface area (Å²) in [7, 11) is 0. The van der Waals surface area contributed by atoms with Gasteiger partial charge in [-0.15, -0.1) is 0 Å². The Morgan fingerprint density at radius 1 is 1.15 bits per heavy atom. The van der Waals surface area contributed by atoms with Gasteiger partial charge in [-0.3, -0.25) is 10.1 Å². The topological polar surface area (TPSA) is 94.5 Å². The molecule has 0 aliphatic heterocycles. The van der Waals surface area contributed by atoms with E-state index in [2.05, 4.69) is 4.98 Å². The van der Waals surface area contributed by atoms with E-state index in [1.807, 2.05) is 6.92 Å². The number of carbonyl (C=O) groups is 1. The van der Waals surface area contributed by atoms with Gasteiger partial charge in [0.25, 0.3) is 0 Å². The third kappa shape index (κ3) is 3.37. The second-order valence-corrected chi connectivity index (χ2v) is 5.64. The summed E-state index contributed by atoms with van der Waals surface area (Å²) in [4.78, 5) is 25.7. The molecule has 3 aromatic rings. The number of hydrogen-bond donors (Lipinski definition) is 1. The van der Waals surface area contributed by atoms with Gasteiger partial charge in [0, 0.05) is 17.0 Å². The molecule has 7 nitrogen and oxygen atoms in total. The molecule has 3 rings (SSSR count). The Hall–Kier alpha value is -3.35. The second kappa shape index (κ2) is 7.26. The van der Waals surface area contributed by atoms with Crippen LogP contribution in [0.25, 0.3) is 10.9 Å². The Labute approximate surface area is 149 Å². The number of aromatic nitrogens is 1. The minimum absolute atomic E-state index is 0.111. The summed E-state index contributed by atoms with van der Waals surface area (Å²) >= 11 is 0. The smallest absolute Gasteiger partial charge is 0.354 e. The standard InChI is InChI=1S/C19H18N2O5/c1-3-12-8-9-16(21(23)24)18(10-12)26-17-7-5-6-14-13(17)11-15(20-14)19(22)25-4-2/h5-11,20H,3-4H2,1-2H3. The molecule has 0 radical (unpaired) electrons. The van der Waals surface area contributed by atoms with E-state index in [-0.39, 0.29) is 18.0 Å². The first-order valence-electron chi connectivity index (χ1n) is 8.27. The van der Waals surface area contributed by atoms with Gasteiger partial charge in [0.15, 0.2) is 0 Å². The van der Waals surface area contributed by atoms with Gasteiger partial charge < -0.3 is 14.5 Å². The van der Waals surface area contributed by atoms with Gasteiger partial charge in [-0.2, -0.15) is 0 Å². The molecular weight excluding hydrogens is 336 g/mol. The lowest BCUT2D eigenvalue weighted by Gasteiger charge is -2.09. The number of benzene rings is 2. The molecule has 0 aliphatic rings. The Morgan fingerprint density at radius 2 is 1.96 bits per heavy atom. The first-order chi connectivity index (χ1) is 12.5. The molecule has 1 aromatic heterocycles. The van der Waals surface area contributed by atoms with Crippen molar-refractivity contribution in [1.82, 2.24) is 4.98 Å². The van der Waals surface area contributed by atoms with Crippen LogP contribution >= 0.6 is 0 Å². The number of hydrogen-bond acceptors (Lipinski definition) is 5. The summed E-state index contributed by atoms with van der Waals surface area (Å²) in [5.74, 6) is 0.125. The van der Waals surface area contributed by atoms with Gasteiger partial charge in [-0.25, -0.2) is 4.79 Å². The van der Waals surface area contributed by atoms with Crippen LogP contribution in [0.3, 0.4) is 0 Å². The van der Waals surface area contributed by atoms with Crippen LogP contribution in [-0.2, 0) is 11.2 Å². The summed E-state index contributed by atoms with van der Waals surface area (Å²) < 4.78 is 10.9. The van der Waals surface area contributed by atoms with E-state index in [1.54, 1.807) is 43.3 Å². The summed E-state index contributed by atoms with van der Waals surface area (Å²) in [5.41, 5.74) is 1.80. The van der Waals surface area contributed by atoms with E-state index < -0.39 is 10.9 Å². The third-order valence-corrected chi connectivity index (χ3v) is 3.97. The molecule has 0 aliphatic carbocycles. The van der Waals surface area contributed by atoms with E-state index in [9.17, 15) is 14.9 Å². The molecule has 134 valence electrons. The highest BCUT2D eigenvalue weighted by Gasteiger charge is 2.18. The molecule has 1 heterocycles. The lowest BCUT2D eigenvalue weighted by molar-refractivity contribution is -0.385. The Morgan fingerprint density at radius 3 is 2.65 bits per heavy atom. The average molecular weight is 354 g/mol. The number of aryl methyl sites for hydroxylation is 1. The predicted molar refractivity (Wildman–Crippen MR) is 96.8 cm³/mol. The summed E-state index contributed by atoms with van der Waals surface area (Å²) in [5, 5.41) is 11.9. The van der Waals surface area contributed by atoms with Crippen LogP contribution in [-0.4, -0.2) is 22.5 Å². The highest BCUT2D eigenvalue weighted by molar-refractivity contribution is 5.97. The fraction of sp³-hybridized carbons (Fsp3) is 0.211. The molecular formula is C19H18N2O5. The van der Waals surface area contributed by atoms with E-state index in [0.717, 1.165) is 12.0 Å². The van der Waals surface area contributed by atoms with Crippen molar-refractivity contribution in [3.05, 3.63) is 63.8 Å². The summed E-state index contributed by atoms with van der Waals surface area (Å²) in [6.45, 7) is 3.96. The number of fused-ring (bicyclic) bond motifs is 1. The van der Waals surface area contributed by atoms with Crippen molar-refractivity contribution in [2.75, 3.05) is 6.61 Å². The lowest BCUT2D eigenvalue weighted by Crippen LogP contribution is -2.04. The van der Waals surface area contributed by atoms with Crippen LogP contribution in [0.15, 0.2) is 42.5 Å². The largest absolute Gasteiger partial charge is 0.461 e. The number of nitrogens with zero attached hydrogens (tertiary/aromatic N) is 1. The van der Waals surface area contributed by atoms with Gasteiger partial charge in [0.05, 0.1) is 11.5 Å². The van der Waals surface area contributed by atoms with Crippen LogP contribution in [0, 0.1) is 10.1 Å². The number of carbonyl (C=O) groups excluding carboxylic acids is 1. The molecule has 0 saturated heterocycles. The summed E-state index contributed by atoms with van der Waals surface area (Å²) in [6.07, 6.45) is 0.732. The SMILES string of the molecule is CCOC(=O)c1cc2c(Oc3cc(CC)ccc3[N+](=O)[O-])cccc2[nH]1. The molecule has 2 aromatic carbocycles. The molecule has 26 heavy (non-hydrogen) atoms. The molecule has 0 unspecified atom stereocenters. The number of esters is 1. The van der Waals surface area contributed by atoms with Gasteiger partial charge in [-0.1, -0.05) is 19.1 Å². The zero-order valence-electron chi connectivity index (χ0n) is 14.4. The number of H-pyrrole nitrogens is 1. The molecule has 0 saturated carbocycles. The van der Waals surface area contributed by atoms with Crippen LogP contribution in [0.2, 0.25) is 0 Å². The van der Waals surface area contributed by atoms with Crippen molar-refractivity contribution in [2.45, 2.75) is 20.3 Å². The fourth-order valence-electron chi connectivity index (χ4n) is 2.66. The Kier molecular flexibility index (Phi) is 4.88. The molecule has 0 atom stereocenters. The van der Waals surface area contributed by atoms with Crippen LogP contribution < -0.4 is 4.74 Å². The molecule has 0 fully saturated rings. The van der Waals surface area contributed by atoms with Crippen molar-refractivity contribution in [1.29, 1.82) is 0 Å². The zero-order chi connectivity index (χ0) is 18.7. The Balaban J connectivity index is 2.04. The predicted octanol–water partition coefficient (Wildman–Crippen LogP) is 4.61. The fourth-order valence-corrected chi connectivity index (χ4v) is 2.66. The van der Waals surface area contributed by atoms with Crippen LogP contribution in [0.1, 0.15) is 29.9 Å². The van der Waals surface area contributed by atoms with E-state index >= 15 is 0 Å². The van der Waals surface area contributed by atoms with Gasteiger partial charge in [0.1, 0.15) is 11.4 Å². The molecule has 0 bridgehead atoms. The molecule has 0 spiro atoms. The molecule has 0 amide bonds. The Bertz CT molecular complexity index is 977. The van der Waals surface area contributed by atoms with Crippen LogP contribution in [0.5, 0.6) is 11.5 Å². The van der Waals surface area contributed by atoms with Crippen molar-refractivity contribution in [3.8, 4) is 11.5 Å². The molecule has 1 N–H and O–H groups in total. The average Bonchev–Trinajstić information content (AvgIpc) is 3.07. The zero-order valence-corrected chi connectivity index (χ0v) is 14.4. The van der Waals surface area contributed by atoms with Crippen molar-refractivity contribution in [2.24, 2.45) is 0 Å². The number of rotatable bonds is 6. The van der Waals surface area contributed by atoms with Gasteiger partial charge >= 0.3 is 11.7 Å². The minimum atomic E-state index is -0.476. The number of nitro groups is 1. The minimum Gasteiger partial charge on any atom is -0.461 e. The maximum atomic E-state index is 11.9. The maximum Gasteiger partial charge on any atom is 0.354 e. The highest BCUT2D eigenvalue weighted by Crippen LogP contribution is 2.36. The maximum absolute atomic E-state index is 11.9. The number of nitro benzene ring substituents is 1. The normalized spacial score (nSPS) is 10.7. The van der Waals surface area contributed by atoms with Crippen molar-refractivity contribution in [3.63, 3.8) is 0 Å². The van der Waals surface area contributed by atoms with Crippen LogP contribution in [0.4, 0.5) is 5.69 Å². The van der Waals surface area contributed by atoms with E-state index in [4.69, 9.17) is 9.47 Å². The first kappa shape index (κ1) is 17.5. The van der Waals surface area contributed by atoms with E-state index in [0.29, 0.717) is 22.3 Å². The number of nitrogens with one attached hydrogen (secondary N) is 1. The second-order valence-electron chi connectivity index (χ2n) is 5.64.